The number of morpholine rings is 1. The van der Waals surface area contributed by atoms with E-state index in [1.807, 2.05) is 0 Å². The van der Waals surface area contributed by atoms with E-state index in [1.165, 1.54) is 6.07 Å². The number of rotatable bonds is 4. The molecule has 0 aromatic heterocycles. The van der Waals surface area contributed by atoms with Crippen LogP contribution in [0.2, 0.25) is 0 Å². The topological polar surface area (TPSA) is 97.3 Å². The molecule has 10 heteroatoms. The number of carbonyl (C=O) groups excluding carboxylic acids is 1. The van der Waals surface area contributed by atoms with Gasteiger partial charge in [0.1, 0.15) is 16.7 Å². The van der Waals surface area contributed by atoms with E-state index in [2.05, 4.69) is 9.71 Å². The molecule has 1 amide bonds. The zero-order valence-electron chi connectivity index (χ0n) is 19.3. The van der Waals surface area contributed by atoms with Gasteiger partial charge in [0, 0.05) is 24.2 Å². The number of hydrogen-bond acceptors (Lipinski definition) is 6. The van der Waals surface area contributed by atoms with Crippen molar-refractivity contribution in [3.05, 3.63) is 71.0 Å². The van der Waals surface area contributed by atoms with Crippen LogP contribution in [0.1, 0.15) is 53.5 Å². The van der Waals surface area contributed by atoms with Gasteiger partial charge in [-0.1, -0.05) is 30.3 Å². The van der Waals surface area contributed by atoms with E-state index in [-0.39, 0.29) is 11.9 Å². The predicted molar refractivity (Wildman–Crippen MR) is 125 cm³/mol. The maximum absolute atomic E-state index is 14.1. The highest BCUT2D eigenvalue weighted by atomic mass is 32.2. The van der Waals surface area contributed by atoms with E-state index in [4.69, 9.17) is 9.47 Å². The Morgan fingerprint density at radius 3 is 2.56 bits per heavy atom. The summed E-state index contributed by atoms with van der Waals surface area (Å²) in [4.78, 5) is 18.9. The fourth-order valence-corrected chi connectivity index (χ4v) is 6.11. The van der Waals surface area contributed by atoms with Gasteiger partial charge in [-0.05, 0) is 44.5 Å². The van der Waals surface area contributed by atoms with Crippen molar-refractivity contribution in [3.63, 3.8) is 0 Å². The molecule has 2 saturated heterocycles. The van der Waals surface area contributed by atoms with Crippen molar-refractivity contribution in [1.29, 1.82) is 0 Å². The lowest BCUT2D eigenvalue weighted by Gasteiger charge is -2.39. The molecule has 0 aliphatic carbocycles. The van der Waals surface area contributed by atoms with Crippen LogP contribution in [0.3, 0.4) is 0 Å². The maximum Gasteiger partial charge on any atom is 0.299 e. The summed E-state index contributed by atoms with van der Waals surface area (Å²) in [5.74, 6) is -0.608. The molecule has 2 heterocycles. The molecule has 0 bridgehead atoms. The average Bonchev–Trinajstić information content (AvgIpc) is 2.78. The molecule has 4 rings (SSSR count). The highest BCUT2D eigenvalue weighted by Crippen LogP contribution is 2.39. The van der Waals surface area contributed by atoms with Crippen molar-refractivity contribution in [2.45, 2.75) is 37.7 Å². The fraction of sp³-hybridized carbons (Fsp3) is 0.417. The van der Waals surface area contributed by atoms with Crippen molar-refractivity contribution in [3.8, 4) is 0 Å². The summed E-state index contributed by atoms with van der Waals surface area (Å²) >= 11 is 0. The van der Waals surface area contributed by atoms with Crippen molar-refractivity contribution >= 4 is 22.0 Å². The number of nitrogens with one attached hydrogen (secondary N) is 1. The van der Waals surface area contributed by atoms with Gasteiger partial charge in [0.05, 0.1) is 19.3 Å². The molecular formula is C24H28FN3O5S. The third-order valence-corrected chi connectivity index (χ3v) is 7.85. The summed E-state index contributed by atoms with van der Waals surface area (Å²) in [6.45, 7) is 6.87. The normalized spacial score (nSPS) is 23.6. The van der Waals surface area contributed by atoms with Gasteiger partial charge in [-0.25, -0.2) is 22.5 Å². The van der Waals surface area contributed by atoms with Crippen LogP contribution < -0.4 is 4.72 Å². The van der Waals surface area contributed by atoms with Gasteiger partial charge in [0.2, 0.25) is 10.0 Å². The number of ether oxygens (including phenoxy) is 2. The minimum atomic E-state index is -3.98. The number of nitrogens with zero attached hydrogens (tertiary/aromatic N) is 2. The second-order valence-corrected chi connectivity index (χ2v) is 10.7. The first kappa shape index (κ1) is 24.2. The van der Waals surface area contributed by atoms with Gasteiger partial charge >= 0.3 is 0 Å². The highest BCUT2D eigenvalue weighted by molar-refractivity contribution is 7.90. The maximum atomic E-state index is 14.1. The molecule has 0 saturated carbocycles. The smallest absolute Gasteiger partial charge is 0.299 e. The van der Waals surface area contributed by atoms with Crippen LogP contribution in [0.15, 0.2) is 53.5 Å². The average molecular weight is 490 g/mol. The number of amidine groups is 1. The monoisotopic (exact) mass is 489 g/mol. The lowest BCUT2D eigenvalue weighted by Crippen LogP contribution is -2.53. The Bertz CT molecular complexity index is 1210. The molecule has 2 aromatic rings. The van der Waals surface area contributed by atoms with Gasteiger partial charge in [-0.2, -0.15) is 0 Å². The number of hydrogen-bond donors (Lipinski definition) is 1. The molecule has 2 aliphatic heterocycles. The van der Waals surface area contributed by atoms with Crippen molar-refractivity contribution in [1.82, 2.24) is 9.62 Å². The SMILES string of the molecule is CC(N=C1NS(=O)(=O)C(c2cccc(C(=O)N3CCOCC3)c2)C(C)(C)O1)c1ccccc1F. The Morgan fingerprint density at radius 2 is 1.88 bits per heavy atom. The Balaban J connectivity index is 1.61. The summed E-state index contributed by atoms with van der Waals surface area (Å²) in [6.07, 6.45) is 0. The minimum Gasteiger partial charge on any atom is -0.457 e. The zero-order valence-corrected chi connectivity index (χ0v) is 20.1. The second kappa shape index (κ2) is 9.34. The molecule has 2 aliphatic rings. The van der Waals surface area contributed by atoms with E-state index in [0.717, 1.165) is 0 Å². The van der Waals surface area contributed by atoms with Gasteiger partial charge in [0.15, 0.2) is 0 Å². The minimum absolute atomic E-state index is 0.175. The van der Waals surface area contributed by atoms with E-state index in [9.17, 15) is 17.6 Å². The van der Waals surface area contributed by atoms with Crippen LogP contribution in [0.4, 0.5) is 4.39 Å². The molecule has 8 nitrogen and oxygen atoms in total. The summed E-state index contributed by atoms with van der Waals surface area (Å²) < 4.78 is 54.4. The third-order valence-electron chi connectivity index (χ3n) is 5.93. The first-order valence-corrected chi connectivity index (χ1v) is 12.6. The lowest BCUT2D eigenvalue weighted by molar-refractivity contribution is 0.0302. The first-order chi connectivity index (χ1) is 16.1. The second-order valence-electron chi connectivity index (χ2n) is 8.89. The van der Waals surface area contributed by atoms with E-state index in [1.54, 1.807) is 68.1 Å². The molecule has 0 spiro atoms. The summed E-state index contributed by atoms with van der Waals surface area (Å²) in [5.41, 5.74) is -0.0543. The molecular weight excluding hydrogens is 461 g/mol. The van der Waals surface area contributed by atoms with Crippen LogP contribution in [-0.2, 0) is 19.5 Å². The Labute approximate surface area is 198 Å². The number of halogens is 1. The lowest BCUT2D eigenvalue weighted by atomic mass is 9.95. The van der Waals surface area contributed by atoms with Crippen LogP contribution in [0.25, 0.3) is 0 Å². The van der Waals surface area contributed by atoms with Crippen molar-refractivity contribution in [2.75, 3.05) is 26.3 Å². The van der Waals surface area contributed by atoms with Crippen LogP contribution >= 0.6 is 0 Å². The Morgan fingerprint density at radius 1 is 1.18 bits per heavy atom. The van der Waals surface area contributed by atoms with E-state index >= 15 is 0 Å². The molecule has 2 fully saturated rings. The molecule has 1 N–H and O–H groups in total. The van der Waals surface area contributed by atoms with Gasteiger partial charge in [-0.15, -0.1) is 0 Å². The zero-order chi connectivity index (χ0) is 24.5. The van der Waals surface area contributed by atoms with E-state index in [0.29, 0.717) is 43.0 Å². The fourth-order valence-electron chi connectivity index (χ4n) is 4.35. The number of sulfonamides is 1. The standard InChI is InChI=1S/C24H28FN3O5S/c1-16(19-9-4-5-10-20(19)25)26-23-27-34(30,31)21(24(2,3)33-23)17-7-6-8-18(15-17)22(29)28-11-13-32-14-12-28/h4-10,15-16,21H,11-14H2,1-3H3,(H,26,27). The Hall–Kier alpha value is -2.98. The molecule has 2 unspecified atom stereocenters. The first-order valence-electron chi connectivity index (χ1n) is 11.1. The highest BCUT2D eigenvalue weighted by Gasteiger charge is 2.48. The summed E-state index contributed by atoms with van der Waals surface area (Å²) in [5, 5.41) is -1.10. The van der Waals surface area contributed by atoms with E-state index < -0.39 is 32.7 Å². The third kappa shape index (κ3) is 4.92. The van der Waals surface area contributed by atoms with Crippen LogP contribution in [0, 0.1) is 5.82 Å². The summed E-state index contributed by atoms with van der Waals surface area (Å²) in [6, 6.07) is 11.9. The van der Waals surface area contributed by atoms with Crippen LogP contribution in [-0.4, -0.2) is 57.2 Å². The summed E-state index contributed by atoms with van der Waals surface area (Å²) in [7, 11) is -3.98. The van der Waals surface area contributed by atoms with Gasteiger partial charge in [0.25, 0.3) is 11.9 Å². The largest absolute Gasteiger partial charge is 0.457 e. The number of benzene rings is 2. The molecule has 34 heavy (non-hydrogen) atoms. The van der Waals surface area contributed by atoms with Gasteiger partial charge in [-0.3, -0.25) is 4.79 Å². The van der Waals surface area contributed by atoms with Gasteiger partial charge < -0.3 is 14.4 Å². The van der Waals surface area contributed by atoms with Crippen molar-refractivity contribution < 1.29 is 27.1 Å². The number of aliphatic imine (C=N–C) groups is 1. The number of carbonyl (C=O) groups is 1. The Kier molecular flexibility index (Phi) is 6.64. The number of amides is 1. The molecule has 0 radical (unpaired) electrons. The predicted octanol–water partition coefficient (Wildman–Crippen LogP) is 3.18. The van der Waals surface area contributed by atoms with Crippen molar-refractivity contribution in [2.24, 2.45) is 4.99 Å². The molecule has 2 atom stereocenters. The molecule has 182 valence electrons. The molecule has 2 aromatic carbocycles. The van der Waals surface area contributed by atoms with Crippen LogP contribution in [0.5, 0.6) is 0 Å². The quantitative estimate of drug-likeness (QED) is 0.712.